The van der Waals surface area contributed by atoms with E-state index in [1.807, 2.05) is 0 Å². The van der Waals surface area contributed by atoms with Gasteiger partial charge in [0.1, 0.15) is 6.04 Å². The Morgan fingerprint density at radius 1 is 1.31 bits per heavy atom. The van der Waals surface area contributed by atoms with Crippen molar-refractivity contribution >= 4 is 18.4 Å². The molecular weight excluding hydrogens is 190 g/mol. The Hall–Kier alpha value is -0.280. The fourth-order valence-corrected chi connectivity index (χ4v) is 1.04. The molecule has 3 nitrogen and oxygen atoms in total. The third-order valence-corrected chi connectivity index (χ3v) is 1.86. The van der Waals surface area contributed by atoms with Crippen LogP contribution in [0.2, 0.25) is 0 Å². The topological polar surface area (TPSA) is 63.3 Å². The van der Waals surface area contributed by atoms with Gasteiger partial charge in [0.25, 0.3) is 0 Å². The van der Waals surface area contributed by atoms with E-state index in [1.54, 1.807) is 0 Å². The molecule has 0 saturated heterocycles. The van der Waals surface area contributed by atoms with Crippen molar-refractivity contribution in [2.24, 2.45) is 11.7 Å². The molecule has 0 aliphatic rings. The van der Waals surface area contributed by atoms with Gasteiger partial charge >= 0.3 is 5.97 Å². The highest BCUT2D eigenvalue weighted by molar-refractivity contribution is 5.85. The van der Waals surface area contributed by atoms with E-state index < -0.39 is 12.0 Å². The number of aliphatic carboxylic acids is 1. The van der Waals surface area contributed by atoms with Crippen LogP contribution in [-0.2, 0) is 4.79 Å². The summed E-state index contributed by atoms with van der Waals surface area (Å²) >= 11 is 0. The van der Waals surface area contributed by atoms with Crippen LogP contribution in [0.1, 0.15) is 39.5 Å². The van der Waals surface area contributed by atoms with Crippen LogP contribution in [0.3, 0.4) is 0 Å². The van der Waals surface area contributed by atoms with Gasteiger partial charge in [0.2, 0.25) is 0 Å². The van der Waals surface area contributed by atoms with Crippen LogP contribution < -0.4 is 5.73 Å². The van der Waals surface area contributed by atoms with Gasteiger partial charge in [-0.05, 0) is 12.3 Å². The summed E-state index contributed by atoms with van der Waals surface area (Å²) in [6, 6.07) is -0.669. The van der Waals surface area contributed by atoms with Gasteiger partial charge in [-0.25, -0.2) is 0 Å². The summed E-state index contributed by atoms with van der Waals surface area (Å²) < 4.78 is 0. The highest BCUT2D eigenvalue weighted by atomic mass is 35.5. The van der Waals surface area contributed by atoms with Crippen molar-refractivity contribution in [3.8, 4) is 0 Å². The van der Waals surface area contributed by atoms with E-state index in [-0.39, 0.29) is 12.4 Å². The third kappa shape index (κ3) is 9.64. The molecular formula is C9H20ClNO2. The summed E-state index contributed by atoms with van der Waals surface area (Å²) in [4.78, 5) is 10.3. The molecule has 0 radical (unpaired) electrons. The van der Waals surface area contributed by atoms with Crippen molar-refractivity contribution in [3.05, 3.63) is 0 Å². The van der Waals surface area contributed by atoms with Crippen LogP contribution in [-0.4, -0.2) is 17.1 Å². The lowest BCUT2D eigenvalue weighted by atomic mass is 10.0. The molecule has 13 heavy (non-hydrogen) atoms. The summed E-state index contributed by atoms with van der Waals surface area (Å²) in [6.07, 6.45) is 3.76. The predicted molar refractivity (Wildman–Crippen MR) is 56.2 cm³/mol. The molecule has 0 saturated carbocycles. The average molecular weight is 210 g/mol. The number of rotatable bonds is 6. The first-order chi connectivity index (χ1) is 5.54. The second-order valence-corrected chi connectivity index (χ2v) is 3.62. The van der Waals surface area contributed by atoms with E-state index in [0.717, 1.165) is 19.3 Å². The molecule has 0 aromatic heterocycles. The molecule has 1 atom stereocenters. The Morgan fingerprint density at radius 3 is 2.15 bits per heavy atom. The van der Waals surface area contributed by atoms with Crippen LogP contribution in [0.4, 0.5) is 0 Å². The number of carbonyl (C=O) groups is 1. The summed E-state index contributed by atoms with van der Waals surface area (Å²) in [5.74, 6) is -0.189. The highest BCUT2D eigenvalue weighted by Gasteiger charge is 2.09. The van der Waals surface area contributed by atoms with Gasteiger partial charge in [-0.15, -0.1) is 12.4 Å². The highest BCUT2D eigenvalue weighted by Crippen LogP contribution is 2.08. The third-order valence-electron chi connectivity index (χ3n) is 1.86. The lowest BCUT2D eigenvalue weighted by Crippen LogP contribution is -2.29. The van der Waals surface area contributed by atoms with E-state index in [9.17, 15) is 4.79 Å². The molecule has 0 aliphatic carbocycles. The molecule has 0 aromatic rings. The van der Waals surface area contributed by atoms with Gasteiger partial charge in [-0.1, -0.05) is 33.1 Å². The van der Waals surface area contributed by atoms with Crippen molar-refractivity contribution < 1.29 is 9.90 Å². The molecule has 3 N–H and O–H groups in total. The minimum absolute atomic E-state index is 0. The predicted octanol–water partition coefficient (Wildman–Crippen LogP) is 2.04. The largest absolute Gasteiger partial charge is 0.480 e. The second-order valence-electron chi connectivity index (χ2n) is 3.62. The number of nitrogens with two attached hydrogens (primary N) is 1. The van der Waals surface area contributed by atoms with Crippen molar-refractivity contribution in [3.63, 3.8) is 0 Å². The van der Waals surface area contributed by atoms with Gasteiger partial charge in [0.05, 0.1) is 0 Å². The zero-order valence-electron chi connectivity index (χ0n) is 8.32. The molecule has 0 aromatic carbocycles. The Balaban J connectivity index is 0. The van der Waals surface area contributed by atoms with Crippen LogP contribution in [0, 0.1) is 5.92 Å². The van der Waals surface area contributed by atoms with E-state index in [2.05, 4.69) is 13.8 Å². The van der Waals surface area contributed by atoms with E-state index in [1.165, 1.54) is 0 Å². The Bertz CT molecular complexity index is 140. The maximum atomic E-state index is 10.3. The minimum Gasteiger partial charge on any atom is -0.480 e. The molecule has 0 spiro atoms. The molecule has 0 bridgehead atoms. The molecule has 0 amide bonds. The fraction of sp³-hybridized carbons (Fsp3) is 0.889. The Morgan fingerprint density at radius 2 is 1.77 bits per heavy atom. The number of unbranched alkanes of at least 4 members (excludes halogenated alkanes) is 1. The quantitative estimate of drug-likeness (QED) is 0.658. The molecule has 0 unspecified atom stereocenters. The van der Waals surface area contributed by atoms with E-state index in [4.69, 9.17) is 10.8 Å². The number of hydrogen-bond acceptors (Lipinski definition) is 2. The number of carboxylic acid groups (broad SMARTS) is 1. The first kappa shape index (κ1) is 15.2. The van der Waals surface area contributed by atoms with Gasteiger partial charge in [0, 0.05) is 0 Å². The molecule has 0 aliphatic heterocycles. The van der Waals surface area contributed by atoms with E-state index in [0.29, 0.717) is 12.3 Å². The zero-order chi connectivity index (χ0) is 9.56. The zero-order valence-corrected chi connectivity index (χ0v) is 9.14. The van der Waals surface area contributed by atoms with Crippen LogP contribution >= 0.6 is 12.4 Å². The van der Waals surface area contributed by atoms with Crippen molar-refractivity contribution in [2.75, 3.05) is 0 Å². The maximum absolute atomic E-state index is 10.3. The first-order valence-electron chi connectivity index (χ1n) is 4.52. The maximum Gasteiger partial charge on any atom is 0.320 e. The molecule has 4 heteroatoms. The summed E-state index contributed by atoms with van der Waals surface area (Å²) in [6.45, 7) is 4.33. The van der Waals surface area contributed by atoms with E-state index >= 15 is 0 Å². The molecule has 0 fully saturated rings. The molecule has 0 rings (SSSR count). The minimum atomic E-state index is -0.889. The smallest absolute Gasteiger partial charge is 0.320 e. The second kappa shape index (κ2) is 8.32. The van der Waals surface area contributed by atoms with Gasteiger partial charge in [-0.3, -0.25) is 4.79 Å². The van der Waals surface area contributed by atoms with Crippen LogP contribution in [0.25, 0.3) is 0 Å². The molecule has 0 heterocycles. The average Bonchev–Trinajstić information content (AvgIpc) is 1.97. The first-order valence-corrected chi connectivity index (χ1v) is 4.52. The summed E-state index contributed by atoms with van der Waals surface area (Å²) in [5.41, 5.74) is 5.33. The van der Waals surface area contributed by atoms with Gasteiger partial charge < -0.3 is 10.8 Å². The SMILES string of the molecule is CC(C)CCCC[C@H](N)C(=O)O.Cl. The summed E-state index contributed by atoms with van der Waals surface area (Å²) in [5, 5.41) is 8.47. The Kier molecular flexibility index (Phi) is 9.74. The van der Waals surface area contributed by atoms with Gasteiger partial charge in [-0.2, -0.15) is 0 Å². The van der Waals surface area contributed by atoms with Crippen molar-refractivity contribution in [1.82, 2.24) is 0 Å². The lowest BCUT2D eigenvalue weighted by molar-refractivity contribution is -0.138. The standard InChI is InChI=1S/C9H19NO2.ClH/c1-7(2)5-3-4-6-8(10)9(11)12;/h7-8H,3-6,10H2,1-2H3,(H,11,12);1H/t8-;/m0./s1. The van der Waals surface area contributed by atoms with Crippen LogP contribution in [0.5, 0.6) is 0 Å². The Labute approximate surface area is 86.1 Å². The monoisotopic (exact) mass is 209 g/mol. The van der Waals surface area contributed by atoms with Crippen LogP contribution in [0.15, 0.2) is 0 Å². The van der Waals surface area contributed by atoms with Crippen molar-refractivity contribution in [1.29, 1.82) is 0 Å². The number of carboxylic acids is 1. The van der Waals surface area contributed by atoms with Crippen molar-refractivity contribution in [2.45, 2.75) is 45.6 Å². The molecule has 80 valence electrons. The fourth-order valence-electron chi connectivity index (χ4n) is 1.04. The lowest BCUT2D eigenvalue weighted by Gasteiger charge is -2.06. The summed E-state index contributed by atoms with van der Waals surface area (Å²) in [7, 11) is 0. The number of hydrogen-bond donors (Lipinski definition) is 2. The normalized spacial score (nSPS) is 12.3. The van der Waals surface area contributed by atoms with Gasteiger partial charge in [0.15, 0.2) is 0 Å². The number of halogens is 1.